The predicted octanol–water partition coefficient (Wildman–Crippen LogP) is 3.97. The summed E-state index contributed by atoms with van der Waals surface area (Å²) in [4.78, 5) is 15.9. The average molecular weight is 272 g/mol. The molecule has 0 saturated heterocycles. The Morgan fingerprint density at radius 2 is 2.25 bits per heavy atom. The summed E-state index contributed by atoms with van der Waals surface area (Å²) in [5.41, 5.74) is 2.22. The highest BCUT2D eigenvalue weighted by atomic mass is 16.4. The summed E-state index contributed by atoms with van der Waals surface area (Å²) in [5.74, 6) is 0.828. The molecular weight excluding hydrogens is 252 g/mol. The number of carboxylic acids is 1. The zero-order valence-corrected chi connectivity index (χ0v) is 12.0. The van der Waals surface area contributed by atoms with Gasteiger partial charge in [-0.3, -0.25) is 0 Å². The number of carbonyl (C=O) groups is 1. The minimum Gasteiger partial charge on any atom is -0.478 e. The highest BCUT2D eigenvalue weighted by Crippen LogP contribution is 2.42. The molecule has 1 aliphatic carbocycles. The molecule has 106 valence electrons. The van der Waals surface area contributed by atoms with Gasteiger partial charge in [-0.25, -0.2) is 9.78 Å². The molecule has 1 aromatic carbocycles. The molecule has 3 rings (SSSR count). The van der Waals surface area contributed by atoms with Crippen molar-refractivity contribution >= 4 is 17.0 Å². The standard InChI is InChI=1S/C16H20N2O2/c1-3-4-10(2)18-14-9-12(16(19)20)7-8-13(14)17-15(18)11-5-6-11/h7-11H,3-6H2,1-2H3,(H,19,20). The summed E-state index contributed by atoms with van der Waals surface area (Å²) < 4.78 is 2.27. The molecule has 2 aromatic rings. The molecule has 20 heavy (non-hydrogen) atoms. The maximum absolute atomic E-state index is 11.2. The predicted molar refractivity (Wildman–Crippen MR) is 78.3 cm³/mol. The fraction of sp³-hybridized carbons (Fsp3) is 0.500. The van der Waals surface area contributed by atoms with E-state index in [4.69, 9.17) is 4.98 Å². The van der Waals surface area contributed by atoms with Gasteiger partial charge in [0.25, 0.3) is 0 Å². The molecule has 0 radical (unpaired) electrons. The van der Waals surface area contributed by atoms with E-state index in [0.717, 1.165) is 29.7 Å². The van der Waals surface area contributed by atoms with Crippen molar-refractivity contribution in [2.24, 2.45) is 0 Å². The van der Waals surface area contributed by atoms with Crippen molar-refractivity contribution in [3.8, 4) is 0 Å². The molecule has 4 nitrogen and oxygen atoms in total. The van der Waals surface area contributed by atoms with Gasteiger partial charge in [-0.15, -0.1) is 0 Å². The van der Waals surface area contributed by atoms with Gasteiger partial charge in [-0.1, -0.05) is 13.3 Å². The summed E-state index contributed by atoms with van der Waals surface area (Å²) in [6.45, 7) is 4.37. The smallest absolute Gasteiger partial charge is 0.335 e. The third-order valence-electron chi connectivity index (χ3n) is 4.05. The van der Waals surface area contributed by atoms with E-state index in [-0.39, 0.29) is 0 Å². The highest BCUT2D eigenvalue weighted by molar-refractivity contribution is 5.92. The van der Waals surface area contributed by atoms with E-state index in [0.29, 0.717) is 17.5 Å². The van der Waals surface area contributed by atoms with Gasteiger partial charge in [-0.2, -0.15) is 0 Å². The number of rotatable bonds is 5. The zero-order chi connectivity index (χ0) is 14.3. The number of hydrogen-bond acceptors (Lipinski definition) is 2. The van der Waals surface area contributed by atoms with Crippen molar-refractivity contribution in [2.75, 3.05) is 0 Å². The second-order valence-electron chi connectivity index (χ2n) is 5.76. The molecule has 1 atom stereocenters. The number of aromatic carboxylic acids is 1. The summed E-state index contributed by atoms with van der Waals surface area (Å²) in [5, 5.41) is 9.18. The van der Waals surface area contributed by atoms with Crippen LogP contribution in [0.2, 0.25) is 0 Å². The van der Waals surface area contributed by atoms with Crippen LogP contribution in [-0.4, -0.2) is 20.6 Å². The van der Waals surface area contributed by atoms with Crippen molar-refractivity contribution in [1.29, 1.82) is 0 Å². The van der Waals surface area contributed by atoms with Crippen LogP contribution in [0.4, 0.5) is 0 Å². The summed E-state index contributed by atoms with van der Waals surface area (Å²) in [7, 11) is 0. The topological polar surface area (TPSA) is 55.1 Å². The van der Waals surface area contributed by atoms with Crippen molar-refractivity contribution < 1.29 is 9.90 Å². The lowest BCUT2D eigenvalue weighted by Crippen LogP contribution is -2.09. The molecular formula is C16H20N2O2. The Labute approximate surface area is 118 Å². The molecule has 1 fully saturated rings. The number of hydrogen-bond donors (Lipinski definition) is 1. The molecule has 1 heterocycles. The molecule has 0 aliphatic heterocycles. The minimum atomic E-state index is -0.879. The first kappa shape index (κ1) is 13.2. The van der Waals surface area contributed by atoms with Gasteiger partial charge >= 0.3 is 5.97 Å². The van der Waals surface area contributed by atoms with Crippen molar-refractivity contribution in [1.82, 2.24) is 9.55 Å². The van der Waals surface area contributed by atoms with Gasteiger partial charge in [0.15, 0.2) is 0 Å². The van der Waals surface area contributed by atoms with E-state index >= 15 is 0 Å². The van der Waals surface area contributed by atoms with E-state index in [1.54, 1.807) is 12.1 Å². The monoisotopic (exact) mass is 272 g/mol. The summed E-state index contributed by atoms with van der Waals surface area (Å²) in [6.07, 6.45) is 4.61. The SMILES string of the molecule is CCCC(C)n1c(C2CC2)nc2ccc(C(=O)O)cc21. The lowest BCUT2D eigenvalue weighted by molar-refractivity contribution is 0.0697. The molecule has 1 unspecified atom stereocenters. The number of fused-ring (bicyclic) bond motifs is 1. The van der Waals surface area contributed by atoms with E-state index in [9.17, 15) is 9.90 Å². The van der Waals surface area contributed by atoms with Crippen LogP contribution in [-0.2, 0) is 0 Å². The average Bonchev–Trinajstić information content (AvgIpc) is 3.18. The lowest BCUT2D eigenvalue weighted by atomic mass is 10.1. The number of aromatic nitrogens is 2. The number of imidazole rings is 1. The summed E-state index contributed by atoms with van der Waals surface area (Å²) in [6, 6.07) is 5.61. The first-order valence-electron chi connectivity index (χ1n) is 7.37. The Morgan fingerprint density at radius 1 is 1.50 bits per heavy atom. The molecule has 0 spiro atoms. The second-order valence-corrected chi connectivity index (χ2v) is 5.76. The van der Waals surface area contributed by atoms with Gasteiger partial charge in [0.1, 0.15) is 5.82 Å². The van der Waals surface area contributed by atoms with E-state index < -0.39 is 5.97 Å². The van der Waals surface area contributed by atoms with Crippen LogP contribution < -0.4 is 0 Å². The fourth-order valence-electron chi connectivity index (χ4n) is 2.88. The van der Waals surface area contributed by atoms with Crippen LogP contribution in [0, 0.1) is 0 Å². The Morgan fingerprint density at radius 3 is 2.85 bits per heavy atom. The van der Waals surface area contributed by atoms with Gasteiger partial charge in [0.05, 0.1) is 16.6 Å². The molecule has 1 N–H and O–H groups in total. The number of benzene rings is 1. The van der Waals surface area contributed by atoms with Crippen LogP contribution in [0.15, 0.2) is 18.2 Å². The van der Waals surface area contributed by atoms with E-state index in [2.05, 4.69) is 18.4 Å². The first-order chi connectivity index (χ1) is 9.61. The number of carboxylic acid groups (broad SMARTS) is 1. The third-order valence-corrected chi connectivity index (χ3v) is 4.05. The molecule has 1 saturated carbocycles. The molecule has 1 aliphatic rings. The van der Waals surface area contributed by atoms with Crippen molar-refractivity contribution in [3.63, 3.8) is 0 Å². The van der Waals surface area contributed by atoms with E-state index in [1.807, 2.05) is 6.07 Å². The highest BCUT2D eigenvalue weighted by Gasteiger charge is 2.31. The van der Waals surface area contributed by atoms with Crippen LogP contribution in [0.3, 0.4) is 0 Å². The Bertz CT molecular complexity index is 656. The lowest BCUT2D eigenvalue weighted by Gasteiger charge is -2.17. The molecule has 4 heteroatoms. The van der Waals surface area contributed by atoms with Gasteiger partial charge in [-0.05, 0) is 44.4 Å². The maximum Gasteiger partial charge on any atom is 0.335 e. The van der Waals surface area contributed by atoms with Crippen molar-refractivity contribution in [3.05, 3.63) is 29.6 Å². The zero-order valence-electron chi connectivity index (χ0n) is 12.0. The van der Waals surface area contributed by atoms with E-state index in [1.165, 1.54) is 12.8 Å². The molecule has 0 bridgehead atoms. The van der Waals surface area contributed by atoms with Crippen LogP contribution >= 0.6 is 0 Å². The van der Waals surface area contributed by atoms with Crippen LogP contribution in [0.1, 0.15) is 67.7 Å². The first-order valence-corrected chi connectivity index (χ1v) is 7.37. The maximum atomic E-state index is 11.2. The van der Waals surface area contributed by atoms with Crippen LogP contribution in [0.5, 0.6) is 0 Å². The van der Waals surface area contributed by atoms with Gasteiger partial charge < -0.3 is 9.67 Å². The van der Waals surface area contributed by atoms with Crippen LogP contribution in [0.25, 0.3) is 11.0 Å². The number of nitrogens with zero attached hydrogens (tertiary/aromatic N) is 2. The quantitative estimate of drug-likeness (QED) is 0.895. The Balaban J connectivity index is 2.17. The molecule has 0 amide bonds. The normalized spacial score (nSPS) is 16.5. The Hall–Kier alpha value is -1.84. The fourth-order valence-corrected chi connectivity index (χ4v) is 2.88. The van der Waals surface area contributed by atoms with Crippen molar-refractivity contribution in [2.45, 2.75) is 51.5 Å². The third kappa shape index (κ3) is 2.19. The minimum absolute atomic E-state index is 0.338. The second kappa shape index (κ2) is 4.93. The largest absolute Gasteiger partial charge is 0.478 e. The van der Waals surface area contributed by atoms with Gasteiger partial charge in [0.2, 0.25) is 0 Å². The summed E-state index contributed by atoms with van der Waals surface area (Å²) >= 11 is 0. The van der Waals surface area contributed by atoms with Gasteiger partial charge in [0, 0.05) is 12.0 Å². The Kier molecular flexibility index (Phi) is 3.24. The molecule has 1 aromatic heterocycles.